The molecule has 0 aromatic carbocycles. The Kier molecular flexibility index (Phi) is 3.21. The first-order valence-corrected chi connectivity index (χ1v) is 6.71. The Morgan fingerprint density at radius 3 is 2.93 bits per heavy atom. The number of nitrogens with zero attached hydrogens (tertiary/aromatic N) is 3. The van der Waals surface area contributed by atoms with Crippen LogP contribution in [0.3, 0.4) is 0 Å². The number of hydrogen-bond donors (Lipinski definition) is 0. The predicted molar refractivity (Wildman–Crippen MR) is 65.5 cm³/mol. The highest BCUT2D eigenvalue weighted by Crippen LogP contribution is 2.21. The van der Waals surface area contributed by atoms with Gasteiger partial charge in [-0.25, -0.2) is 9.97 Å². The molecule has 0 fully saturated rings. The lowest BCUT2D eigenvalue weighted by Crippen LogP contribution is -2.03. The Morgan fingerprint density at radius 1 is 1.60 bits per heavy atom. The van der Waals surface area contributed by atoms with E-state index < -0.39 is 0 Å². The van der Waals surface area contributed by atoms with Crippen LogP contribution in [0.25, 0.3) is 0 Å². The second-order valence-corrected chi connectivity index (χ2v) is 4.90. The number of aromatic nitrogens is 3. The fourth-order valence-electron chi connectivity index (χ4n) is 1.35. The Bertz CT molecular complexity index is 449. The van der Waals surface area contributed by atoms with Crippen molar-refractivity contribution in [3.8, 4) is 0 Å². The molecule has 2 heterocycles. The second-order valence-electron chi connectivity index (χ2n) is 3.45. The summed E-state index contributed by atoms with van der Waals surface area (Å²) in [4.78, 5) is 8.76. The van der Waals surface area contributed by atoms with Gasteiger partial charge in [-0.15, -0.1) is 11.3 Å². The van der Waals surface area contributed by atoms with E-state index in [-0.39, 0.29) is 6.04 Å². The first-order chi connectivity index (χ1) is 7.20. The molecule has 2 aromatic rings. The molecule has 1 unspecified atom stereocenters. The molecule has 2 rings (SSSR count). The maximum atomic E-state index is 4.48. The third kappa shape index (κ3) is 2.29. The second kappa shape index (κ2) is 4.45. The van der Waals surface area contributed by atoms with Gasteiger partial charge in [0.1, 0.15) is 5.01 Å². The van der Waals surface area contributed by atoms with Crippen LogP contribution in [-0.2, 0) is 5.33 Å². The van der Waals surface area contributed by atoms with E-state index in [1.807, 2.05) is 13.3 Å². The molecule has 3 nitrogen and oxygen atoms in total. The fraction of sp³-hybridized carbons (Fsp3) is 0.400. The topological polar surface area (TPSA) is 30.7 Å². The molecule has 0 aliphatic rings. The van der Waals surface area contributed by atoms with E-state index in [0.29, 0.717) is 0 Å². The van der Waals surface area contributed by atoms with Gasteiger partial charge in [0.25, 0.3) is 0 Å². The van der Waals surface area contributed by atoms with Crippen LogP contribution in [0.1, 0.15) is 29.4 Å². The van der Waals surface area contributed by atoms with E-state index in [1.165, 1.54) is 0 Å². The third-order valence-corrected chi connectivity index (χ3v) is 3.94. The van der Waals surface area contributed by atoms with Crippen molar-refractivity contribution in [3.05, 3.63) is 34.3 Å². The van der Waals surface area contributed by atoms with Gasteiger partial charge < -0.3 is 4.57 Å². The standard InChI is InChI=1S/C10H12BrN3S/c1-7-5-15-10(13-7)8(2)14-4-9(3-11)12-6-14/h4-6,8H,3H2,1-2H3. The Morgan fingerprint density at radius 2 is 2.40 bits per heavy atom. The number of halogens is 1. The van der Waals surface area contributed by atoms with E-state index in [9.17, 15) is 0 Å². The minimum absolute atomic E-state index is 0.268. The molecule has 0 amide bonds. The van der Waals surface area contributed by atoms with Crippen molar-refractivity contribution in [1.82, 2.24) is 14.5 Å². The van der Waals surface area contributed by atoms with Crippen LogP contribution in [0, 0.1) is 6.92 Å². The van der Waals surface area contributed by atoms with E-state index in [1.54, 1.807) is 11.3 Å². The quantitative estimate of drug-likeness (QED) is 0.811. The molecule has 0 bridgehead atoms. The molecule has 80 valence electrons. The van der Waals surface area contributed by atoms with Gasteiger partial charge in [-0.1, -0.05) is 15.9 Å². The van der Waals surface area contributed by atoms with Crippen molar-refractivity contribution in [2.24, 2.45) is 0 Å². The molecule has 0 aliphatic carbocycles. The Labute approximate surface area is 101 Å². The molecular formula is C10H12BrN3S. The summed E-state index contributed by atoms with van der Waals surface area (Å²) in [6.07, 6.45) is 3.91. The van der Waals surface area contributed by atoms with Crippen LogP contribution < -0.4 is 0 Å². The predicted octanol–water partition coefficient (Wildman–Crippen LogP) is 3.15. The molecule has 0 saturated heterocycles. The molecule has 0 saturated carbocycles. The zero-order chi connectivity index (χ0) is 10.8. The van der Waals surface area contributed by atoms with Crippen LogP contribution in [-0.4, -0.2) is 14.5 Å². The van der Waals surface area contributed by atoms with Crippen molar-refractivity contribution in [2.75, 3.05) is 0 Å². The average Bonchev–Trinajstić information content (AvgIpc) is 2.84. The molecule has 15 heavy (non-hydrogen) atoms. The van der Waals surface area contributed by atoms with Crippen molar-refractivity contribution < 1.29 is 0 Å². The fourth-order valence-corrected chi connectivity index (χ4v) is 2.50. The van der Waals surface area contributed by atoms with Crippen LogP contribution in [0.5, 0.6) is 0 Å². The summed E-state index contributed by atoms with van der Waals surface area (Å²) in [5.74, 6) is 0. The van der Waals surface area contributed by atoms with Gasteiger partial charge in [0.05, 0.1) is 18.1 Å². The Hall–Kier alpha value is -0.680. The van der Waals surface area contributed by atoms with Crippen molar-refractivity contribution in [2.45, 2.75) is 25.2 Å². The largest absolute Gasteiger partial charge is 0.328 e. The number of aryl methyl sites for hydroxylation is 1. The average molecular weight is 286 g/mol. The first-order valence-electron chi connectivity index (χ1n) is 4.71. The van der Waals surface area contributed by atoms with Crippen LogP contribution >= 0.6 is 27.3 Å². The van der Waals surface area contributed by atoms with Crippen LogP contribution in [0.15, 0.2) is 17.9 Å². The molecule has 2 aromatic heterocycles. The van der Waals surface area contributed by atoms with E-state index in [4.69, 9.17) is 0 Å². The summed E-state index contributed by atoms with van der Waals surface area (Å²) >= 11 is 5.09. The number of rotatable bonds is 3. The van der Waals surface area contributed by atoms with E-state index in [2.05, 4.69) is 49.0 Å². The monoisotopic (exact) mass is 285 g/mol. The maximum Gasteiger partial charge on any atom is 0.115 e. The lowest BCUT2D eigenvalue weighted by atomic mass is 10.3. The van der Waals surface area contributed by atoms with Crippen LogP contribution in [0.4, 0.5) is 0 Å². The highest BCUT2D eigenvalue weighted by atomic mass is 79.9. The zero-order valence-corrected chi connectivity index (χ0v) is 11.0. The maximum absolute atomic E-state index is 4.48. The molecule has 1 atom stereocenters. The summed E-state index contributed by atoms with van der Waals surface area (Å²) in [7, 11) is 0. The molecular weight excluding hydrogens is 274 g/mol. The van der Waals surface area contributed by atoms with Gasteiger partial charge in [0.15, 0.2) is 0 Å². The van der Waals surface area contributed by atoms with Gasteiger partial charge in [0, 0.05) is 22.6 Å². The van der Waals surface area contributed by atoms with Crippen molar-refractivity contribution >= 4 is 27.3 Å². The zero-order valence-electron chi connectivity index (χ0n) is 8.64. The summed E-state index contributed by atoms with van der Waals surface area (Å²) < 4.78 is 2.09. The molecule has 0 aliphatic heterocycles. The van der Waals surface area contributed by atoms with Crippen molar-refractivity contribution in [3.63, 3.8) is 0 Å². The lowest BCUT2D eigenvalue weighted by Gasteiger charge is -2.08. The number of alkyl halides is 1. The van der Waals surface area contributed by atoms with E-state index in [0.717, 1.165) is 21.7 Å². The van der Waals surface area contributed by atoms with Crippen molar-refractivity contribution in [1.29, 1.82) is 0 Å². The van der Waals surface area contributed by atoms with Crippen LogP contribution in [0.2, 0.25) is 0 Å². The van der Waals surface area contributed by atoms with E-state index >= 15 is 0 Å². The summed E-state index contributed by atoms with van der Waals surface area (Å²) in [6, 6.07) is 0.268. The molecule has 0 spiro atoms. The molecule has 0 N–H and O–H groups in total. The molecule has 5 heteroatoms. The van der Waals surface area contributed by atoms with Gasteiger partial charge in [-0.2, -0.15) is 0 Å². The number of hydrogen-bond acceptors (Lipinski definition) is 3. The minimum atomic E-state index is 0.268. The van der Waals surface area contributed by atoms with Gasteiger partial charge in [-0.3, -0.25) is 0 Å². The summed E-state index contributed by atoms with van der Waals surface area (Å²) in [5, 5.41) is 4.00. The summed E-state index contributed by atoms with van der Waals surface area (Å²) in [5.41, 5.74) is 2.14. The number of thiazole rings is 1. The lowest BCUT2D eigenvalue weighted by molar-refractivity contribution is 0.632. The third-order valence-electron chi connectivity index (χ3n) is 2.23. The Balaban J connectivity index is 2.23. The van der Waals surface area contributed by atoms with Gasteiger partial charge >= 0.3 is 0 Å². The summed E-state index contributed by atoms with van der Waals surface area (Å²) in [6.45, 7) is 4.16. The first kappa shape index (κ1) is 10.8. The smallest absolute Gasteiger partial charge is 0.115 e. The molecule has 0 radical (unpaired) electrons. The van der Waals surface area contributed by atoms with Gasteiger partial charge in [-0.05, 0) is 13.8 Å². The minimum Gasteiger partial charge on any atom is -0.328 e. The number of imidazole rings is 1. The highest BCUT2D eigenvalue weighted by molar-refractivity contribution is 9.08. The highest BCUT2D eigenvalue weighted by Gasteiger charge is 2.11. The van der Waals surface area contributed by atoms with Gasteiger partial charge in [0.2, 0.25) is 0 Å². The normalized spacial score (nSPS) is 13.0. The SMILES string of the molecule is Cc1csc(C(C)n2cnc(CBr)c2)n1.